The molecule has 52 heavy (non-hydrogen) atoms. The summed E-state index contributed by atoms with van der Waals surface area (Å²) in [4.78, 5) is 9.30. The first-order valence-electron chi connectivity index (χ1n) is 22.3. The highest BCUT2D eigenvalue weighted by atomic mass is 16.5. The van der Waals surface area contributed by atoms with E-state index in [1.807, 2.05) is 24.6 Å². The van der Waals surface area contributed by atoms with Gasteiger partial charge in [0.2, 0.25) is 0 Å². The Labute approximate surface area is 322 Å². The molecule has 0 aliphatic rings. The molecule has 294 valence electrons. The van der Waals surface area contributed by atoms with Gasteiger partial charge in [-0.1, -0.05) is 205 Å². The van der Waals surface area contributed by atoms with E-state index >= 15 is 0 Å². The molecular weight excluding hydrogens is 637 g/mol. The van der Waals surface area contributed by atoms with Crippen molar-refractivity contribution in [1.29, 1.82) is 0 Å². The Morgan fingerprint density at radius 2 is 0.635 bits per heavy atom. The highest BCUT2D eigenvalue weighted by Crippen LogP contribution is 2.19. The standard InChI is InChI=1S/C48H80N2O2/c1-3-5-7-9-11-13-15-17-19-21-23-25-27-33-41-51-47-37-31-29-35-45(47)43-49-39-40-50-44-46-36-30-32-38-48(46)52-42-34-28-26-24-22-20-18-16-14-12-10-8-6-4-2/h29-32,35-38,43-44H,3-28,33-34,39-42H2,1-2H3. The van der Waals surface area contributed by atoms with E-state index in [4.69, 9.17) is 9.47 Å². The van der Waals surface area contributed by atoms with Gasteiger partial charge in [-0.2, -0.15) is 0 Å². The number of para-hydroxylation sites is 2. The molecule has 0 atom stereocenters. The lowest BCUT2D eigenvalue weighted by molar-refractivity contribution is 0.303. The van der Waals surface area contributed by atoms with Gasteiger partial charge in [0, 0.05) is 23.6 Å². The number of hydrogen-bond donors (Lipinski definition) is 0. The number of hydrogen-bond acceptors (Lipinski definition) is 4. The molecule has 0 aliphatic heterocycles. The van der Waals surface area contributed by atoms with Gasteiger partial charge in [-0.15, -0.1) is 0 Å². The fourth-order valence-corrected chi connectivity index (χ4v) is 6.84. The Balaban J connectivity index is 1.50. The summed E-state index contributed by atoms with van der Waals surface area (Å²) in [5.74, 6) is 1.85. The van der Waals surface area contributed by atoms with Crippen LogP contribution in [0.5, 0.6) is 11.5 Å². The van der Waals surface area contributed by atoms with Crippen LogP contribution in [0.2, 0.25) is 0 Å². The Hall–Kier alpha value is -2.62. The summed E-state index contributed by atoms with van der Waals surface area (Å²) < 4.78 is 12.3. The molecule has 0 amide bonds. The molecule has 0 radical (unpaired) electrons. The first-order chi connectivity index (χ1) is 25.8. The minimum absolute atomic E-state index is 0.645. The zero-order valence-electron chi connectivity index (χ0n) is 34.1. The molecule has 0 spiro atoms. The molecule has 0 saturated heterocycles. The highest BCUT2D eigenvalue weighted by Gasteiger charge is 2.03. The molecule has 0 N–H and O–H groups in total. The van der Waals surface area contributed by atoms with Gasteiger partial charge in [0.05, 0.1) is 26.3 Å². The molecule has 2 rings (SSSR count). The summed E-state index contributed by atoms with van der Waals surface area (Å²) in [6.45, 7) is 7.42. The molecule has 4 nitrogen and oxygen atoms in total. The van der Waals surface area contributed by atoms with Gasteiger partial charge >= 0.3 is 0 Å². The van der Waals surface area contributed by atoms with Crippen LogP contribution in [-0.4, -0.2) is 38.7 Å². The molecule has 0 fully saturated rings. The predicted octanol–water partition coefficient (Wildman–Crippen LogP) is 14.9. The number of benzene rings is 2. The van der Waals surface area contributed by atoms with E-state index in [1.54, 1.807) is 0 Å². The van der Waals surface area contributed by atoms with Crippen LogP contribution in [-0.2, 0) is 0 Å². The van der Waals surface area contributed by atoms with Crippen LogP contribution < -0.4 is 9.47 Å². The van der Waals surface area contributed by atoms with Crippen LogP contribution in [0.15, 0.2) is 58.5 Å². The third kappa shape index (κ3) is 26.2. The SMILES string of the molecule is CCCCCCCCCCCCCCCCOc1ccccc1C=NCCN=Cc1ccccc1OCCCCCCCCCCCCCCCC. The van der Waals surface area contributed by atoms with E-state index in [9.17, 15) is 0 Å². The van der Waals surface area contributed by atoms with Crippen molar-refractivity contribution in [3.05, 3.63) is 59.7 Å². The van der Waals surface area contributed by atoms with Crippen LogP contribution in [0.25, 0.3) is 0 Å². The van der Waals surface area contributed by atoms with Gasteiger partial charge in [-0.3, -0.25) is 9.98 Å². The lowest BCUT2D eigenvalue weighted by Gasteiger charge is -2.09. The molecule has 0 unspecified atom stereocenters. The topological polar surface area (TPSA) is 43.2 Å². The average molecular weight is 717 g/mol. The van der Waals surface area contributed by atoms with Crippen molar-refractivity contribution < 1.29 is 9.47 Å². The normalized spacial score (nSPS) is 11.7. The Kier molecular flexibility index (Phi) is 31.0. The van der Waals surface area contributed by atoms with E-state index in [-0.39, 0.29) is 0 Å². The van der Waals surface area contributed by atoms with Crippen molar-refractivity contribution in [2.75, 3.05) is 26.3 Å². The van der Waals surface area contributed by atoms with E-state index in [1.165, 1.54) is 167 Å². The maximum atomic E-state index is 6.15. The molecule has 2 aromatic carbocycles. The summed E-state index contributed by atoms with van der Waals surface area (Å²) in [6, 6.07) is 16.5. The summed E-state index contributed by atoms with van der Waals surface area (Å²) in [5.41, 5.74) is 2.08. The monoisotopic (exact) mass is 717 g/mol. The largest absolute Gasteiger partial charge is 0.493 e. The van der Waals surface area contributed by atoms with Gasteiger partial charge in [0.25, 0.3) is 0 Å². The molecule has 0 saturated carbocycles. The third-order valence-corrected chi connectivity index (χ3v) is 10.2. The van der Waals surface area contributed by atoms with E-state index in [0.717, 1.165) is 48.7 Å². The highest BCUT2D eigenvalue weighted by molar-refractivity contribution is 5.84. The maximum absolute atomic E-state index is 6.15. The van der Waals surface area contributed by atoms with Crippen LogP contribution in [0.4, 0.5) is 0 Å². The minimum Gasteiger partial charge on any atom is -0.493 e. The average Bonchev–Trinajstić information content (AvgIpc) is 3.17. The van der Waals surface area contributed by atoms with Gasteiger partial charge in [0.1, 0.15) is 11.5 Å². The van der Waals surface area contributed by atoms with Gasteiger partial charge in [-0.05, 0) is 37.1 Å². The van der Waals surface area contributed by atoms with E-state index in [0.29, 0.717) is 13.1 Å². The van der Waals surface area contributed by atoms with Crippen LogP contribution >= 0.6 is 0 Å². The number of aliphatic imine (C=N–C) groups is 2. The number of nitrogens with zero attached hydrogens (tertiary/aromatic N) is 2. The smallest absolute Gasteiger partial charge is 0.128 e. The van der Waals surface area contributed by atoms with Crippen molar-refractivity contribution in [1.82, 2.24) is 0 Å². The second-order valence-electron chi connectivity index (χ2n) is 15.0. The van der Waals surface area contributed by atoms with Gasteiger partial charge in [0.15, 0.2) is 0 Å². The van der Waals surface area contributed by atoms with Crippen LogP contribution in [0.1, 0.15) is 205 Å². The molecule has 0 aromatic heterocycles. The van der Waals surface area contributed by atoms with Crippen LogP contribution in [0, 0.1) is 0 Å². The Bertz CT molecular complexity index is 1030. The molecule has 0 heterocycles. The number of ether oxygens (including phenoxy) is 2. The quantitative estimate of drug-likeness (QED) is 0.0516. The molecule has 2 aromatic rings. The molecular formula is C48H80N2O2. The third-order valence-electron chi connectivity index (χ3n) is 10.2. The first-order valence-corrected chi connectivity index (χ1v) is 22.3. The molecule has 4 heteroatoms. The van der Waals surface area contributed by atoms with Gasteiger partial charge < -0.3 is 9.47 Å². The van der Waals surface area contributed by atoms with Crippen molar-refractivity contribution in [2.24, 2.45) is 9.98 Å². The van der Waals surface area contributed by atoms with Crippen molar-refractivity contribution in [3.63, 3.8) is 0 Å². The maximum Gasteiger partial charge on any atom is 0.128 e. The van der Waals surface area contributed by atoms with Crippen molar-refractivity contribution >= 4 is 12.4 Å². The Morgan fingerprint density at radius 1 is 0.365 bits per heavy atom. The summed E-state index contributed by atoms with van der Waals surface area (Å²) >= 11 is 0. The van der Waals surface area contributed by atoms with E-state index < -0.39 is 0 Å². The lowest BCUT2D eigenvalue weighted by Crippen LogP contribution is -2.01. The van der Waals surface area contributed by atoms with Crippen molar-refractivity contribution in [3.8, 4) is 11.5 Å². The van der Waals surface area contributed by atoms with E-state index in [2.05, 4.69) is 60.2 Å². The lowest BCUT2D eigenvalue weighted by atomic mass is 10.0. The number of rotatable bonds is 37. The predicted molar refractivity (Wildman–Crippen MR) is 229 cm³/mol. The van der Waals surface area contributed by atoms with Crippen molar-refractivity contribution in [2.45, 2.75) is 194 Å². The second kappa shape index (κ2) is 35.4. The zero-order chi connectivity index (χ0) is 36.8. The van der Waals surface area contributed by atoms with Gasteiger partial charge in [-0.25, -0.2) is 0 Å². The Morgan fingerprint density at radius 3 is 0.942 bits per heavy atom. The summed E-state index contributed by atoms with van der Waals surface area (Å²) in [6.07, 6.45) is 42.3. The zero-order valence-corrected chi connectivity index (χ0v) is 34.1. The fraction of sp³-hybridized carbons (Fsp3) is 0.708. The number of unbranched alkanes of at least 4 members (excludes halogenated alkanes) is 26. The molecule has 0 bridgehead atoms. The van der Waals surface area contributed by atoms with Crippen LogP contribution in [0.3, 0.4) is 0 Å². The fourth-order valence-electron chi connectivity index (χ4n) is 6.84. The summed E-state index contributed by atoms with van der Waals surface area (Å²) in [7, 11) is 0. The molecule has 0 aliphatic carbocycles. The second-order valence-corrected chi connectivity index (χ2v) is 15.0. The minimum atomic E-state index is 0.645. The first kappa shape index (κ1) is 45.5. The summed E-state index contributed by atoms with van der Waals surface area (Å²) in [5, 5.41) is 0.